The third-order valence-electron chi connectivity index (χ3n) is 2.61. The van der Waals surface area contributed by atoms with E-state index in [1.165, 1.54) is 11.8 Å². The number of hydrogen-bond acceptors (Lipinski definition) is 4. The van der Waals surface area contributed by atoms with E-state index in [1.54, 1.807) is 6.20 Å². The summed E-state index contributed by atoms with van der Waals surface area (Å²) in [6.07, 6.45) is 1.77. The van der Waals surface area contributed by atoms with E-state index in [1.807, 2.05) is 30.3 Å². The molecule has 0 saturated heterocycles. The fraction of sp³-hybridized carbons (Fsp3) is 0.231. The van der Waals surface area contributed by atoms with E-state index in [0.717, 1.165) is 22.2 Å². The number of pyridine rings is 1. The molecule has 5 heteroatoms. The highest BCUT2D eigenvalue weighted by atomic mass is 32.2. The van der Waals surface area contributed by atoms with Gasteiger partial charge < -0.3 is 10.8 Å². The largest absolute Gasteiger partial charge is 0.480 e. The molecule has 94 valence electrons. The molecule has 2 rings (SSSR count). The molecule has 0 aliphatic heterocycles. The smallest absolute Gasteiger partial charge is 0.321 e. The highest BCUT2D eigenvalue weighted by Gasteiger charge is 2.11. The average molecular weight is 262 g/mol. The van der Waals surface area contributed by atoms with Gasteiger partial charge in [0.15, 0.2) is 0 Å². The fourth-order valence-corrected chi connectivity index (χ4v) is 2.63. The zero-order valence-corrected chi connectivity index (χ0v) is 10.6. The monoisotopic (exact) mass is 262 g/mol. The van der Waals surface area contributed by atoms with Crippen LogP contribution < -0.4 is 5.73 Å². The van der Waals surface area contributed by atoms with Crippen molar-refractivity contribution in [2.75, 3.05) is 5.75 Å². The lowest BCUT2D eigenvalue weighted by molar-refractivity contribution is -0.137. The number of nitrogens with two attached hydrogens (primary N) is 1. The predicted octanol–water partition coefficient (Wildman–Crippen LogP) is 1.88. The summed E-state index contributed by atoms with van der Waals surface area (Å²) in [6, 6.07) is 9.07. The van der Waals surface area contributed by atoms with E-state index < -0.39 is 12.0 Å². The number of carbonyl (C=O) groups is 1. The molecule has 0 aliphatic carbocycles. The first-order valence-electron chi connectivity index (χ1n) is 5.57. The molecule has 0 amide bonds. The number of thioether (sulfide) groups is 1. The Balaban J connectivity index is 2.06. The van der Waals surface area contributed by atoms with Gasteiger partial charge in [0.1, 0.15) is 6.04 Å². The Bertz CT molecular complexity index is 554. The van der Waals surface area contributed by atoms with Crippen LogP contribution in [0.5, 0.6) is 0 Å². The van der Waals surface area contributed by atoms with E-state index in [-0.39, 0.29) is 0 Å². The number of benzene rings is 1. The number of carboxylic acid groups (broad SMARTS) is 1. The number of fused-ring (bicyclic) bond motifs is 1. The third-order valence-corrected chi connectivity index (χ3v) is 3.72. The summed E-state index contributed by atoms with van der Waals surface area (Å²) in [6.45, 7) is 0. The number of hydrogen-bond donors (Lipinski definition) is 2. The van der Waals surface area contributed by atoms with E-state index in [4.69, 9.17) is 10.8 Å². The number of para-hydroxylation sites is 1. The molecule has 1 aromatic carbocycles. The topological polar surface area (TPSA) is 76.2 Å². The Kier molecular flexibility index (Phi) is 4.17. The minimum atomic E-state index is -0.956. The minimum absolute atomic E-state index is 0.409. The van der Waals surface area contributed by atoms with Gasteiger partial charge in [0.2, 0.25) is 0 Å². The first-order chi connectivity index (χ1) is 8.68. The van der Waals surface area contributed by atoms with Gasteiger partial charge in [0.25, 0.3) is 0 Å². The molecule has 18 heavy (non-hydrogen) atoms. The number of rotatable bonds is 5. The second-order valence-corrected chi connectivity index (χ2v) is 4.98. The van der Waals surface area contributed by atoms with Crippen LogP contribution in [0, 0.1) is 0 Å². The van der Waals surface area contributed by atoms with Gasteiger partial charge in [-0.2, -0.15) is 11.8 Å². The molecule has 0 fully saturated rings. The van der Waals surface area contributed by atoms with Crippen molar-refractivity contribution in [1.29, 1.82) is 0 Å². The summed E-state index contributed by atoms with van der Waals surface area (Å²) in [5.74, 6) is 0.192. The lowest BCUT2D eigenvalue weighted by Gasteiger charge is -2.08. The summed E-state index contributed by atoms with van der Waals surface area (Å²) in [5.41, 5.74) is 7.57. The highest BCUT2D eigenvalue weighted by Crippen LogP contribution is 2.21. The molecule has 0 radical (unpaired) electrons. The Labute approximate surface area is 109 Å². The van der Waals surface area contributed by atoms with E-state index >= 15 is 0 Å². The number of nitrogens with zero attached hydrogens (tertiary/aromatic N) is 1. The number of aliphatic carboxylic acids is 1. The Morgan fingerprint density at radius 3 is 2.94 bits per heavy atom. The normalized spacial score (nSPS) is 12.5. The van der Waals surface area contributed by atoms with Crippen molar-refractivity contribution in [2.24, 2.45) is 5.73 Å². The molecule has 1 heterocycles. The van der Waals surface area contributed by atoms with Crippen LogP contribution in [-0.2, 0) is 10.5 Å². The van der Waals surface area contributed by atoms with Crippen LogP contribution in [0.15, 0.2) is 36.5 Å². The van der Waals surface area contributed by atoms with Gasteiger partial charge >= 0.3 is 5.97 Å². The van der Waals surface area contributed by atoms with Gasteiger partial charge in [0, 0.05) is 23.1 Å². The Morgan fingerprint density at radius 1 is 1.39 bits per heavy atom. The zero-order chi connectivity index (χ0) is 13.0. The SMILES string of the molecule is N[C@H](CSCc1ccnc2ccccc12)C(=O)O. The van der Waals surface area contributed by atoms with Crippen molar-refractivity contribution >= 4 is 28.6 Å². The maximum Gasteiger partial charge on any atom is 0.321 e. The highest BCUT2D eigenvalue weighted by molar-refractivity contribution is 7.98. The maximum atomic E-state index is 10.6. The molecule has 0 aliphatic rings. The van der Waals surface area contributed by atoms with Crippen molar-refractivity contribution in [2.45, 2.75) is 11.8 Å². The first kappa shape index (κ1) is 12.9. The van der Waals surface area contributed by atoms with Gasteiger partial charge in [-0.05, 0) is 17.7 Å². The Morgan fingerprint density at radius 2 is 2.17 bits per heavy atom. The van der Waals surface area contributed by atoms with Crippen molar-refractivity contribution in [3.8, 4) is 0 Å². The van der Waals surface area contributed by atoms with Crippen LogP contribution in [0.1, 0.15) is 5.56 Å². The predicted molar refractivity (Wildman–Crippen MR) is 73.5 cm³/mol. The van der Waals surface area contributed by atoms with Gasteiger partial charge in [0.05, 0.1) is 5.52 Å². The summed E-state index contributed by atoms with van der Waals surface area (Å²) in [7, 11) is 0. The molecule has 0 unspecified atom stereocenters. The van der Waals surface area contributed by atoms with Gasteiger partial charge in [-0.1, -0.05) is 18.2 Å². The maximum absolute atomic E-state index is 10.6. The minimum Gasteiger partial charge on any atom is -0.480 e. The number of aromatic nitrogens is 1. The van der Waals surface area contributed by atoms with Crippen molar-refractivity contribution in [3.05, 3.63) is 42.1 Å². The van der Waals surface area contributed by atoms with E-state index in [9.17, 15) is 4.79 Å². The fourth-order valence-electron chi connectivity index (χ4n) is 1.65. The number of carboxylic acids is 1. The molecular weight excluding hydrogens is 248 g/mol. The second kappa shape index (κ2) is 5.84. The standard InChI is InChI=1S/C13H14N2O2S/c14-11(13(16)17)8-18-7-9-5-6-15-12-4-2-1-3-10(9)12/h1-6,11H,7-8,14H2,(H,16,17)/t11-/m1/s1. The van der Waals surface area contributed by atoms with Crippen molar-refractivity contribution in [3.63, 3.8) is 0 Å². The summed E-state index contributed by atoms with van der Waals surface area (Å²) in [5, 5.41) is 9.81. The van der Waals surface area contributed by atoms with Crippen LogP contribution in [0.25, 0.3) is 10.9 Å². The van der Waals surface area contributed by atoms with E-state index in [0.29, 0.717) is 5.75 Å². The van der Waals surface area contributed by atoms with Crippen LogP contribution in [-0.4, -0.2) is 27.9 Å². The lowest BCUT2D eigenvalue weighted by Crippen LogP contribution is -2.32. The molecule has 0 spiro atoms. The molecule has 1 atom stereocenters. The van der Waals surface area contributed by atoms with Crippen molar-refractivity contribution < 1.29 is 9.90 Å². The third kappa shape index (κ3) is 3.00. The quantitative estimate of drug-likeness (QED) is 0.860. The zero-order valence-electron chi connectivity index (χ0n) is 9.74. The summed E-state index contributed by atoms with van der Waals surface area (Å²) in [4.78, 5) is 14.9. The molecular formula is C13H14N2O2S. The van der Waals surface area contributed by atoms with Crippen molar-refractivity contribution in [1.82, 2.24) is 4.98 Å². The summed E-state index contributed by atoms with van der Waals surface area (Å²) >= 11 is 1.52. The van der Waals surface area contributed by atoms with Crippen LogP contribution in [0.2, 0.25) is 0 Å². The second-order valence-electron chi connectivity index (χ2n) is 3.95. The van der Waals surface area contributed by atoms with Gasteiger partial charge in [-0.15, -0.1) is 0 Å². The molecule has 4 nitrogen and oxygen atoms in total. The molecule has 0 bridgehead atoms. The molecule has 0 saturated carbocycles. The molecule has 2 aromatic rings. The molecule has 1 aromatic heterocycles. The van der Waals surface area contributed by atoms with Crippen LogP contribution >= 0.6 is 11.8 Å². The van der Waals surface area contributed by atoms with Crippen LogP contribution in [0.4, 0.5) is 0 Å². The van der Waals surface area contributed by atoms with Gasteiger partial charge in [-0.3, -0.25) is 9.78 Å². The average Bonchev–Trinajstić information content (AvgIpc) is 2.38. The van der Waals surface area contributed by atoms with Gasteiger partial charge in [-0.25, -0.2) is 0 Å². The molecule has 3 N–H and O–H groups in total. The Hall–Kier alpha value is -1.59. The first-order valence-corrected chi connectivity index (χ1v) is 6.72. The summed E-state index contributed by atoms with van der Waals surface area (Å²) < 4.78 is 0. The lowest BCUT2D eigenvalue weighted by atomic mass is 10.1. The van der Waals surface area contributed by atoms with Crippen LogP contribution in [0.3, 0.4) is 0 Å². The van der Waals surface area contributed by atoms with E-state index in [2.05, 4.69) is 4.98 Å².